The molecule has 0 N–H and O–H groups in total. The van der Waals surface area contributed by atoms with Crippen molar-refractivity contribution >= 4 is 17.6 Å². The molecule has 0 amide bonds. The molecular weight excluding hydrogens is 324 g/mol. The van der Waals surface area contributed by atoms with E-state index in [4.69, 9.17) is 30.5 Å². The number of halogens is 1. The number of carbonyl (C=O) groups excluding carboxylic acids is 1. The zero-order valence-corrected chi connectivity index (χ0v) is 13.8. The molecule has 0 unspecified atom stereocenters. The van der Waals surface area contributed by atoms with Gasteiger partial charge in [0, 0.05) is 5.02 Å². The number of aromatic nitrogens is 2. The molecule has 0 fully saturated rings. The maximum Gasteiger partial charge on any atom is 0.341 e. The molecule has 8 heteroatoms. The van der Waals surface area contributed by atoms with Gasteiger partial charge in [-0.2, -0.15) is 9.97 Å². The highest BCUT2D eigenvalue weighted by Gasteiger charge is 2.19. The van der Waals surface area contributed by atoms with Gasteiger partial charge in [-0.1, -0.05) is 11.6 Å². The average molecular weight is 339 g/mol. The topological polar surface area (TPSA) is 79.8 Å². The van der Waals surface area contributed by atoms with Crippen molar-refractivity contribution in [2.45, 2.75) is 6.92 Å². The molecule has 0 spiro atoms. The molecule has 2 aromatic rings. The monoisotopic (exact) mass is 338 g/mol. The highest BCUT2D eigenvalue weighted by atomic mass is 35.5. The Kier molecular flexibility index (Phi) is 5.23. The van der Waals surface area contributed by atoms with Crippen molar-refractivity contribution in [3.05, 3.63) is 34.3 Å². The van der Waals surface area contributed by atoms with Crippen LogP contribution in [0.5, 0.6) is 23.5 Å². The van der Waals surface area contributed by atoms with E-state index in [1.807, 2.05) is 0 Å². The third kappa shape index (κ3) is 3.81. The van der Waals surface area contributed by atoms with E-state index >= 15 is 0 Å². The van der Waals surface area contributed by atoms with Crippen LogP contribution in [0, 0.1) is 6.92 Å². The lowest BCUT2D eigenvalue weighted by molar-refractivity contribution is 0.0597. The van der Waals surface area contributed by atoms with Gasteiger partial charge in [0.2, 0.25) is 11.8 Å². The summed E-state index contributed by atoms with van der Waals surface area (Å²) in [6.07, 6.45) is 0. The van der Waals surface area contributed by atoms with Gasteiger partial charge in [-0.3, -0.25) is 0 Å². The summed E-state index contributed by atoms with van der Waals surface area (Å²) in [7, 11) is 4.19. The maximum atomic E-state index is 11.9. The second-order valence-electron chi connectivity index (χ2n) is 4.43. The van der Waals surface area contributed by atoms with Crippen molar-refractivity contribution in [1.29, 1.82) is 0 Å². The molecule has 0 atom stereocenters. The number of aryl methyl sites for hydroxylation is 1. The third-order valence-electron chi connectivity index (χ3n) is 2.91. The largest absolute Gasteiger partial charge is 0.481 e. The lowest BCUT2D eigenvalue weighted by Crippen LogP contribution is -2.06. The second kappa shape index (κ2) is 7.15. The second-order valence-corrected chi connectivity index (χ2v) is 4.86. The lowest BCUT2D eigenvalue weighted by Gasteiger charge is -2.13. The first-order valence-corrected chi connectivity index (χ1v) is 6.89. The summed E-state index contributed by atoms with van der Waals surface area (Å²) in [6.45, 7) is 1.74. The zero-order chi connectivity index (χ0) is 17.0. The number of nitrogens with zero attached hydrogens (tertiary/aromatic N) is 2. The van der Waals surface area contributed by atoms with Crippen LogP contribution < -0.4 is 14.2 Å². The highest BCUT2D eigenvalue weighted by molar-refractivity contribution is 6.31. The average Bonchev–Trinajstić information content (AvgIpc) is 2.55. The van der Waals surface area contributed by atoms with E-state index in [1.165, 1.54) is 33.5 Å². The Morgan fingerprint density at radius 1 is 1.04 bits per heavy atom. The van der Waals surface area contributed by atoms with Crippen molar-refractivity contribution in [2.24, 2.45) is 0 Å². The first-order valence-electron chi connectivity index (χ1n) is 6.51. The van der Waals surface area contributed by atoms with Gasteiger partial charge in [-0.15, -0.1) is 0 Å². The van der Waals surface area contributed by atoms with E-state index in [2.05, 4.69) is 9.97 Å². The molecule has 1 heterocycles. The van der Waals surface area contributed by atoms with Crippen LogP contribution in [0.15, 0.2) is 18.2 Å². The van der Waals surface area contributed by atoms with Crippen LogP contribution in [0.1, 0.15) is 15.9 Å². The van der Waals surface area contributed by atoms with Gasteiger partial charge in [0.15, 0.2) is 0 Å². The summed E-state index contributed by atoms with van der Waals surface area (Å²) in [5.74, 6) is 0.188. The molecular formula is C15H15ClN2O5. The minimum absolute atomic E-state index is 0.0308. The molecule has 0 aliphatic heterocycles. The van der Waals surface area contributed by atoms with E-state index < -0.39 is 5.97 Å². The number of benzene rings is 1. The Balaban J connectivity index is 2.49. The molecule has 0 radical (unpaired) electrons. The molecule has 0 aliphatic carbocycles. The van der Waals surface area contributed by atoms with Crippen molar-refractivity contribution in [3.63, 3.8) is 0 Å². The molecule has 1 aromatic carbocycles. The van der Waals surface area contributed by atoms with Gasteiger partial charge < -0.3 is 18.9 Å². The first kappa shape index (κ1) is 16.8. The molecule has 23 heavy (non-hydrogen) atoms. The normalized spacial score (nSPS) is 10.1. The van der Waals surface area contributed by atoms with Crippen molar-refractivity contribution in [1.82, 2.24) is 9.97 Å². The Labute approximate surface area is 138 Å². The first-order chi connectivity index (χ1) is 11.0. The van der Waals surface area contributed by atoms with E-state index in [-0.39, 0.29) is 29.1 Å². The fourth-order valence-corrected chi connectivity index (χ4v) is 2.13. The minimum Gasteiger partial charge on any atom is -0.481 e. The minimum atomic E-state index is -0.583. The van der Waals surface area contributed by atoms with Gasteiger partial charge in [-0.25, -0.2) is 4.79 Å². The number of carbonyl (C=O) groups is 1. The number of esters is 1. The molecule has 2 rings (SSSR count). The lowest BCUT2D eigenvalue weighted by atomic mass is 10.1. The highest BCUT2D eigenvalue weighted by Crippen LogP contribution is 2.32. The smallest absolute Gasteiger partial charge is 0.341 e. The van der Waals surface area contributed by atoms with E-state index in [0.717, 1.165) is 0 Å². The van der Waals surface area contributed by atoms with Gasteiger partial charge in [0.1, 0.15) is 11.3 Å². The van der Waals surface area contributed by atoms with Crippen LogP contribution in [-0.2, 0) is 4.74 Å². The van der Waals surface area contributed by atoms with E-state index in [1.54, 1.807) is 13.0 Å². The Bertz CT molecular complexity index is 714. The van der Waals surface area contributed by atoms with Gasteiger partial charge in [0.25, 0.3) is 0 Å². The Morgan fingerprint density at radius 2 is 1.65 bits per heavy atom. The molecule has 0 aliphatic rings. The summed E-state index contributed by atoms with van der Waals surface area (Å²) in [5, 5.41) is 0.388. The number of rotatable bonds is 5. The van der Waals surface area contributed by atoms with Crippen LogP contribution in [0.4, 0.5) is 0 Å². The van der Waals surface area contributed by atoms with Crippen molar-refractivity contribution in [3.8, 4) is 23.5 Å². The Hall–Kier alpha value is -2.54. The quantitative estimate of drug-likeness (QED) is 0.775. The van der Waals surface area contributed by atoms with Crippen LogP contribution in [0.3, 0.4) is 0 Å². The fraction of sp³-hybridized carbons (Fsp3) is 0.267. The zero-order valence-electron chi connectivity index (χ0n) is 13.0. The van der Waals surface area contributed by atoms with Crippen LogP contribution >= 0.6 is 11.6 Å². The maximum absolute atomic E-state index is 11.9. The SMILES string of the molecule is COC(=O)c1cc(Cl)cc(C)c1Oc1nc(OC)cc(OC)n1. The van der Waals surface area contributed by atoms with Gasteiger partial charge in [0.05, 0.1) is 27.4 Å². The van der Waals surface area contributed by atoms with Crippen LogP contribution in [0.2, 0.25) is 5.02 Å². The number of methoxy groups -OCH3 is 3. The summed E-state index contributed by atoms with van der Waals surface area (Å²) in [4.78, 5) is 20.1. The number of ether oxygens (including phenoxy) is 4. The molecule has 0 saturated heterocycles. The van der Waals surface area contributed by atoms with Crippen LogP contribution in [-0.4, -0.2) is 37.3 Å². The van der Waals surface area contributed by atoms with E-state index in [9.17, 15) is 4.79 Å². The van der Waals surface area contributed by atoms with Gasteiger partial charge in [-0.05, 0) is 24.6 Å². The molecule has 0 bridgehead atoms. The predicted octanol–water partition coefficient (Wildman–Crippen LogP) is 3.03. The van der Waals surface area contributed by atoms with Crippen molar-refractivity contribution < 1.29 is 23.7 Å². The molecule has 0 saturated carbocycles. The summed E-state index contributed by atoms with van der Waals surface area (Å²) >= 11 is 5.99. The summed E-state index contributed by atoms with van der Waals surface area (Å²) < 4.78 is 20.5. The molecule has 122 valence electrons. The van der Waals surface area contributed by atoms with Gasteiger partial charge >= 0.3 is 12.0 Å². The standard InChI is InChI=1S/C15H15ClN2O5/c1-8-5-9(16)6-10(14(19)22-4)13(8)23-15-17-11(20-2)7-12(18-15)21-3/h5-7H,1-4H3. The fourth-order valence-electron chi connectivity index (χ4n) is 1.86. The van der Waals surface area contributed by atoms with Crippen molar-refractivity contribution in [2.75, 3.05) is 21.3 Å². The molecule has 1 aromatic heterocycles. The number of hydrogen-bond acceptors (Lipinski definition) is 7. The number of hydrogen-bond donors (Lipinski definition) is 0. The van der Waals surface area contributed by atoms with Crippen LogP contribution in [0.25, 0.3) is 0 Å². The third-order valence-corrected chi connectivity index (χ3v) is 3.13. The Morgan fingerprint density at radius 3 is 2.17 bits per heavy atom. The predicted molar refractivity (Wildman–Crippen MR) is 82.7 cm³/mol. The summed E-state index contributed by atoms with van der Waals surface area (Å²) in [5.41, 5.74) is 0.797. The summed E-state index contributed by atoms with van der Waals surface area (Å²) in [6, 6.07) is 4.58. The van der Waals surface area contributed by atoms with E-state index in [0.29, 0.717) is 10.6 Å². The molecule has 7 nitrogen and oxygen atoms in total.